The molecular formula is C13H15FN4. The first-order valence-electron chi connectivity index (χ1n) is 5.61. The van der Waals surface area contributed by atoms with Gasteiger partial charge in [-0.3, -0.25) is 16.3 Å². The van der Waals surface area contributed by atoms with Gasteiger partial charge in [0.2, 0.25) is 0 Å². The van der Waals surface area contributed by atoms with Crippen LogP contribution < -0.4 is 17.0 Å². The summed E-state index contributed by atoms with van der Waals surface area (Å²) in [5, 5.41) is 0. The van der Waals surface area contributed by atoms with Gasteiger partial charge in [0.1, 0.15) is 5.82 Å². The Hall–Kier alpha value is -1.98. The lowest BCUT2D eigenvalue weighted by Crippen LogP contribution is -2.30. The fourth-order valence-corrected chi connectivity index (χ4v) is 1.83. The number of nitrogen functional groups attached to an aromatic ring is 1. The smallest absolute Gasteiger partial charge is 0.123 e. The number of aromatic nitrogens is 1. The van der Waals surface area contributed by atoms with Crippen LogP contribution >= 0.6 is 0 Å². The zero-order valence-electron chi connectivity index (χ0n) is 9.81. The first-order valence-corrected chi connectivity index (χ1v) is 5.61. The van der Waals surface area contributed by atoms with Gasteiger partial charge in [0.15, 0.2) is 0 Å². The second-order valence-corrected chi connectivity index (χ2v) is 4.02. The van der Waals surface area contributed by atoms with E-state index in [9.17, 15) is 4.39 Å². The number of nitrogens with zero attached hydrogens (tertiary/aromatic N) is 1. The number of hydrogen-bond donors (Lipinski definition) is 3. The molecule has 1 heterocycles. The van der Waals surface area contributed by atoms with E-state index in [2.05, 4.69) is 10.4 Å². The van der Waals surface area contributed by atoms with Crippen molar-refractivity contribution >= 4 is 5.69 Å². The van der Waals surface area contributed by atoms with Crippen molar-refractivity contribution in [3.8, 4) is 0 Å². The van der Waals surface area contributed by atoms with Crippen molar-refractivity contribution < 1.29 is 4.39 Å². The number of benzene rings is 1. The van der Waals surface area contributed by atoms with Crippen LogP contribution in [0, 0.1) is 5.82 Å². The number of nitrogens with one attached hydrogen (secondary N) is 1. The van der Waals surface area contributed by atoms with Gasteiger partial charge in [-0.1, -0.05) is 6.07 Å². The van der Waals surface area contributed by atoms with Gasteiger partial charge in [-0.05, 0) is 35.9 Å². The summed E-state index contributed by atoms with van der Waals surface area (Å²) in [6.45, 7) is 0. The van der Waals surface area contributed by atoms with E-state index in [-0.39, 0.29) is 11.9 Å². The highest BCUT2D eigenvalue weighted by Crippen LogP contribution is 2.23. The molecule has 5 heteroatoms. The number of hydrogen-bond acceptors (Lipinski definition) is 4. The minimum atomic E-state index is -0.333. The second-order valence-electron chi connectivity index (χ2n) is 4.02. The molecule has 1 atom stereocenters. The van der Waals surface area contributed by atoms with Gasteiger partial charge in [-0.15, -0.1) is 0 Å². The molecule has 18 heavy (non-hydrogen) atoms. The van der Waals surface area contributed by atoms with Crippen molar-refractivity contribution in [1.82, 2.24) is 10.4 Å². The van der Waals surface area contributed by atoms with Crippen molar-refractivity contribution in [2.24, 2.45) is 5.84 Å². The van der Waals surface area contributed by atoms with Crippen LogP contribution in [0.2, 0.25) is 0 Å². The summed E-state index contributed by atoms with van der Waals surface area (Å²) in [6.07, 6.45) is 2.25. The molecular weight excluding hydrogens is 231 g/mol. The molecule has 0 aliphatic carbocycles. The van der Waals surface area contributed by atoms with Crippen molar-refractivity contribution in [3.63, 3.8) is 0 Å². The highest BCUT2D eigenvalue weighted by molar-refractivity contribution is 5.48. The van der Waals surface area contributed by atoms with Crippen LogP contribution in [-0.4, -0.2) is 4.98 Å². The molecule has 0 bridgehead atoms. The average Bonchev–Trinajstić information content (AvgIpc) is 2.40. The Bertz CT molecular complexity index is 516. The summed E-state index contributed by atoms with van der Waals surface area (Å²) >= 11 is 0. The number of hydrazine groups is 1. The highest BCUT2D eigenvalue weighted by Gasteiger charge is 2.14. The zero-order chi connectivity index (χ0) is 13.0. The van der Waals surface area contributed by atoms with Gasteiger partial charge in [0, 0.05) is 24.0 Å². The lowest BCUT2D eigenvalue weighted by molar-refractivity contribution is 0.541. The monoisotopic (exact) mass is 246 g/mol. The van der Waals surface area contributed by atoms with E-state index >= 15 is 0 Å². The summed E-state index contributed by atoms with van der Waals surface area (Å²) in [4.78, 5) is 4.21. The first kappa shape index (κ1) is 12.5. The number of rotatable bonds is 4. The number of halogens is 1. The van der Waals surface area contributed by atoms with Crippen LogP contribution in [-0.2, 0) is 6.42 Å². The van der Waals surface area contributed by atoms with Crippen LogP contribution in [0.1, 0.15) is 17.3 Å². The third kappa shape index (κ3) is 2.82. The SMILES string of the molecule is NNC(Cc1ccccn1)c1cc(F)ccc1N. The first-order chi connectivity index (χ1) is 8.70. The Kier molecular flexibility index (Phi) is 3.86. The van der Waals surface area contributed by atoms with Gasteiger partial charge in [-0.25, -0.2) is 4.39 Å². The van der Waals surface area contributed by atoms with E-state index in [1.807, 2.05) is 18.2 Å². The topological polar surface area (TPSA) is 77.0 Å². The summed E-state index contributed by atoms with van der Waals surface area (Å²) in [7, 11) is 0. The minimum absolute atomic E-state index is 0.268. The molecule has 2 aromatic rings. The Morgan fingerprint density at radius 2 is 2.11 bits per heavy atom. The molecule has 1 unspecified atom stereocenters. The van der Waals surface area contributed by atoms with E-state index < -0.39 is 0 Å². The van der Waals surface area contributed by atoms with E-state index in [0.717, 1.165) is 5.69 Å². The number of anilines is 1. The molecule has 1 aromatic heterocycles. The lowest BCUT2D eigenvalue weighted by atomic mass is 10.0. The Morgan fingerprint density at radius 3 is 2.78 bits per heavy atom. The van der Waals surface area contributed by atoms with E-state index in [4.69, 9.17) is 11.6 Å². The molecule has 0 saturated heterocycles. The summed E-state index contributed by atoms with van der Waals surface area (Å²) < 4.78 is 13.2. The van der Waals surface area contributed by atoms with Gasteiger partial charge in [-0.2, -0.15) is 0 Å². The molecule has 0 amide bonds. The molecule has 5 N–H and O–H groups in total. The van der Waals surface area contributed by atoms with Gasteiger partial charge >= 0.3 is 0 Å². The largest absolute Gasteiger partial charge is 0.398 e. The summed E-state index contributed by atoms with van der Waals surface area (Å²) in [6, 6.07) is 9.61. The maximum atomic E-state index is 13.2. The molecule has 0 aliphatic rings. The fraction of sp³-hybridized carbons (Fsp3) is 0.154. The number of pyridine rings is 1. The predicted molar refractivity (Wildman–Crippen MR) is 68.8 cm³/mol. The molecule has 4 nitrogen and oxygen atoms in total. The van der Waals surface area contributed by atoms with Crippen molar-refractivity contribution in [2.75, 3.05) is 5.73 Å². The third-order valence-electron chi connectivity index (χ3n) is 2.76. The van der Waals surface area contributed by atoms with Crippen LogP contribution in [0.4, 0.5) is 10.1 Å². The molecule has 94 valence electrons. The third-order valence-corrected chi connectivity index (χ3v) is 2.76. The fourth-order valence-electron chi connectivity index (χ4n) is 1.83. The molecule has 0 saturated carbocycles. The molecule has 0 spiro atoms. The normalized spacial score (nSPS) is 12.3. The highest BCUT2D eigenvalue weighted by atomic mass is 19.1. The molecule has 0 fully saturated rings. The Labute approximate surface area is 105 Å². The minimum Gasteiger partial charge on any atom is -0.398 e. The zero-order valence-corrected chi connectivity index (χ0v) is 9.81. The van der Waals surface area contributed by atoms with Gasteiger partial charge in [0.05, 0.1) is 6.04 Å². The number of nitrogens with two attached hydrogens (primary N) is 2. The van der Waals surface area contributed by atoms with Crippen LogP contribution in [0.25, 0.3) is 0 Å². The Morgan fingerprint density at radius 1 is 1.28 bits per heavy atom. The quantitative estimate of drug-likeness (QED) is 0.434. The van der Waals surface area contributed by atoms with Gasteiger partial charge < -0.3 is 5.73 Å². The van der Waals surface area contributed by atoms with Crippen LogP contribution in [0.3, 0.4) is 0 Å². The molecule has 2 rings (SSSR count). The second kappa shape index (κ2) is 5.57. The maximum Gasteiger partial charge on any atom is 0.123 e. The van der Waals surface area contributed by atoms with Gasteiger partial charge in [0.25, 0.3) is 0 Å². The summed E-state index contributed by atoms with van der Waals surface area (Å²) in [5.74, 6) is 5.18. The molecule has 0 aliphatic heterocycles. The van der Waals surface area contributed by atoms with Crippen molar-refractivity contribution in [2.45, 2.75) is 12.5 Å². The van der Waals surface area contributed by atoms with Crippen LogP contribution in [0.5, 0.6) is 0 Å². The molecule has 0 radical (unpaired) electrons. The standard InChI is InChI=1S/C13H15FN4/c14-9-4-5-12(15)11(7-9)13(18-16)8-10-3-1-2-6-17-10/h1-7,13,18H,8,15-16H2. The summed E-state index contributed by atoms with van der Waals surface area (Å²) in [5.41, 5.74) is 10.5. The van der Waals surface area contributed by atoms with E-state index in [0.29, 0.717) is 17.7 Å². The van der Waals surface area contributed by atoms with Crippen molar-refractivity contribution in [1.29, 1.82) is 0 Å². The van der Waals surface area contributed by atoms with E-state index in [1.165, 1.54) is 18.2 Å². The van der Waals surface area contributed by atoms with Crippen molar-refractivity contribution in [3.05, 3.63) is 59.7 Å². The average molecular weight is 246 g/mol. The van der Waals surface area contributed by atoms with Crippen LogP contribution in [0.15, 0.2) is 42.6 Å². The molecule has 1 aromatic carbocycles. The van der Waals surface area contributed by atoms with E-state index in [1.54, 1.807) is 6.20 Å². The Balaban J connectivity index is 2.26. The maximum absolute atomic E-state index is 13.2. The lowest BCUT2D eigenvalue weighted by Gasteiger charge is -2.18. The predicted octanol–water partition coefficient (Wildman–Crippen LogP) is 1.55.